The summed E-state index contributed by atoms with van der Waals surface area (Å²) >= 11 is 11.0. The summed E-state index contributed by atoms with van der Waals surface area (Å²) in [6.07, 6.45) is 0. The summed E-state index contributed by atoms with van der Waals surface area (Å²) < 4.78 is 5.46. The second kappa shape index (κ2) is 7.59. The zero-order valence-electron chi connectivity index (χ0n) is 13.7. The predicted molar refractivity (Wildman–Crippen MR) is 105 cm³/mol. The Morgan fingerprint density at radius 2 is 1.96 bits per heavy atom. The minimum atomic E-state index is -0.395. The van der Waals surface area contributed by atoms with Crippen molar-refractivity contribution < 1.29 is 9.53 Å². The lowest BCUT2D eigenvalue weighted by molar-refractivity contribution is -0.121. The predicted octanol–water partition coefficient (Wildman–Crippen LogP) is 2.71. The van der Waals surface area contributed by atoms with Crippen LogP contribution in [-0.2, 0) is 4.79 Å². The Bertz CT molecular complexity index is 1040. The number of nitrogens with one attached hydrogen (secondary N) is 4. The van der Waals surface area contributed by atoms with Crippen LogP contribution in [0, 0.1) is 6.92 Å². The summed E-state index contributed by atoms with van der Waals surface area (Å²) in [7, 11) is 0. The molecule has 0 atom stereocenters. The minimum absolute atomic E-state index is 0.128. The standard InChI is InChI=1S/C17H15ClN4O3S/c1-9-6-10(18)2-5-14(9)25-8-15(23)22-17(26)19-11-3-4-12-13(7-11)21-16(24)20-12/h2-7H,8H2,1H3,(H2,20,21,24)(H2,19,22,23,26). The SMILES string of the molecule is Cc1cc(Cl)ccc1OCC(=O)NC(=S)Nc1ccc2[nH]c(=O)[nH]c2c1. The van der Waals surface area contributed by atoms with Crippen LogP contribution in [0.15, 0.2) is 41.2 Å². The first-order chi connectivity index (χ1) is 12.4. The highest BCUT2D eigenvalue weighted by Gasteiger charge is 2.08. The Balaban J connectivity index is 1.54. The van der Waals surface area contributed by atoms with E-state index in [0.29, 0.717) is 27.5 Å². The van der Waals surface area contributed by atoms with Crippen LogP contribution in [0.3, 0.4) is 0 Å². The lowest BCUT2D eigenvalue weighted by Gasteiger charge is -2.11. The molecule has 4 N–H and O–H groups in total. The maximum absolute atomic E-state index is 12.0. The first-order valence-electron chi connectivity index (χ1n) is 7.62. The van der Waals surface area contributed by atoms with Gasteiger partial charge < -0.3 is 20.0 Å². The van der Waals surface area contributed by atoms with Gasteiger partial charge in [0.1, 0.15) is 5.75 Å². The fourth-order valence-electron chi connectivity index (χ4n) is 2.35. The second-order valence-electron chi connectivity index (χ2n) is 5.54. The van der Waals surface area contributed by atoms with Gasteiger partial charge in [-0.15, -0.1) is 0 Å². The first kappa shape index (κ1) is 18.0. The summed E-state index contributed by atoms with van der Waals surface area (Å²) in [6, 6.07) is 10.3. The van der Waals surface area contributed by atoms with Gasteiger partial charge >= 0.3 is 5.69 Å². The molecule has 0 radical (unpaired) electrons. The Hall–Kier alpha value is -2.84. The van der Waals surface area contributed by atoms with Gasteiger partial charge in [0, 0.05) is 10.7 Å². The van der Waals surface area contributed by atoms with Crippen LogP contribution in [0.25, 0.3) is 11.0 Å². The van der Waals surface area contributed by atoms with E-state index < -0.39 is 5.91 Å². The molecule has 3 aromatic rings. The van der Waals surface area contributed by atoms with Crippen LogP contribution in [0.4, 0.5) is 5.69 Å². The second-order valence-corrected chi connectivity index (χ2v) is 6.38. The molecule has 2 aromatic carbocycles. The number of thiocarbonyl (C=S) groups is 1. The number of aromatic nitrogens is 2. The molecule has 1 aromatic heterocycles. The molecule has 0 saturated heterocycles. The van der Waals surface area contributed by atoms with Gasteiger partial charge in [0.25, 0.3) is 5.91 Å². The molecule has 7 nitrogen and oxygen atoms in total. The van der Waals surface area contributed by atoms with Crippen LogP contribution < -0.4 is 21.1 Å². The number of rotatable bonds is 4. The molecule has 0 fully saturated rings. The molecule has 0 bridgehead atoms. The van der Waals surface area contributed by atoms with Gasteiger partial charge in [-0.25, -0.2) is 4.79 Å². The third-order valence-electron chi connectivity index (χ3n) is 3.52. The van der Waals surface area contributed by atoms with Gasteiger partial charge in [0.15, 0.2) is 11.7 Å². The topological polar surface area (TPSA) is 99.0 Å². The maximum Gasteiger partial charge on any atom is 0.323 e. The van der Waals surface area contributed by atoms with E-state index >= 15 is 0 Å². The number of fused-ring (bicyclic) bond motifs is 1. The number of aryl methyl sites for hydroxylation is 1. The maximum atomic E-state index is 12.0. The van der Waals surface area contributed by atoms with Gasteiger partial charge in [-0.1, -0.05) is 11.6 Å². The Morgan fingerprint density at radius 3 is 2.73 bits per heavy atom. The quantitative estimate of drug-likeness (QED) is 0.513. The zero-order chi connectivity index (χ0) is 18.7. The highest BCUT2D eigenvalue weighted by Crippen LogP contribution is 2.21. The Morgan fingerprint density at radius 1 is 1.19 bits per heavy atom. The Labute approximate surface area is 158 Å². The van der Waals surface area contributed by atoms with E-state index in [1.54, 1.807) is 36.4 Å². The molecule has 0 aliphatic rings. The molecule has 1 amide bonds. The molecular formula is C17H15ClN4O3S. The first-order valence-corrected chi connectivity index (χ1v) is 8.41. The van der Waals surface area contributed by atoms with Crippen molar-refractivity contribution in [2.75, 3.05) is 11.9 Å². The van der Waals surface area contributed by atoms with Gasteiger partial charge in [0.2, 0.25) is 0 Å². The largest absolute Gasteiger partial charge is 0.483 e. The van der Waals surface area contributed by atoms with Crippen LogP contribution in [0.1, 0.15) is 5.56 Å². The number of carbonyl (C=O) groups excluding carboxylic acids is 1. The number of amides is 1. The van der Waals surface area contributed by atoms with E-state index in [2.05, 4.69) is 20.6 Å². The molecule has 1 heterocycles. The zero-order valence-corrected chi connectivity index (χ0v) is 15.3. The number of hydrogen-bond donors (Lipinski definition) is 4. The van der Waals surface area contributed by atoms with E-state index in [4.69, 9.17) is 28.6 Å². The number of H-pyrrole nitrogens is 2. The van der Waals surface area contributed by atoms with Crippen molar-refractivity contribution in [2.24, 2.45) is 0 Å². The van der Waals surface area contributed by atoms with Gasteiger partial charge in [-0.2, -0.15) is 0 Å². The number of halogens is 1. The van der Waals surface area contributed by atoms with Crippen LogP contribution in [0.5, 0.6) is 5.75 Å². The van der Waals surface area contributed by atoms with E-state index in [0.717, 1.165) is 5.56 Å². The summed E-state index contributed by atoms with van der Waals surface area (Å²) in [6.45, 7) is 1.65. The average Bonchev–Trinajstić information content (AvgIpc) is 2.93. The monoisotopic (exact) mass is 390 g/mol. The molecule has 9 heteroatoms. The number of ether oxygens (including phenoxy) is 1. The summed E-state index contributed by atoms with van der Waals surface area (Å²) in [5.74, 6) is 0.179. The van der Waals surface area contributed by atoms with Gasteiger partial charge in [-0.3, -0.25) is 10.1 Å². The molecule has 0 saturated carbocycles. The lowest BCUT2D eigenvalue weighted by atomic mass is 10.2. The molecule has 0 spiro atoms. The highest BCUT2D eigenvalue weighted by atomic mass is 35.5. The number of aromatic amines is 2. The third-order valence-corrected chi connectivity index (χ3v) is 3.96. The summed E-state index contributed by atoms with van der Waals surface area (Å²) in [4.78, 5) is 28.5. The number of benzene rings is 2. The summed E-state index contributed by atoms with van der Waals surface area (Å²) in [5.41, 5.74) is 2.49. The van der Waals surface area contributed by atoms with E-state index in [1.807, 2.05) is 6.92 Å². The van der Waals surface area contributed by atoms with Crippen molar-refractivity contribution in [2.45, 2.75) is 6.92 Å². The fraction of sp³-hybridized carbons (Fsp3) is 0.118. The number of carbonyl (C=O) groups is 1. The fourth-order valence-corrected chi connectivity index (χ4v) is 2.81. The van der Waals surface area contributed by atoms with Crippen molar-refractivity contribution >= 4 is 51.6 Å². The minimum Gasteiger partial charge on any atom is -0.483 e. The smallest absolute Gasteiger partial charge is 0.323 e. The molecule has 3 rings (SSSR count). The van der Waals surface area contributed by atoms with Crippen LogP contribution in [0.2, 0.25) is 5.02 Å². The van der Waals surface area contributed by atoms with Crippen molar-refractivity contribution in [1.29, 1.82) is 0 Å². The summed E-state index contributed by atoms with van der Waals surface area (Å²) in [5, 5.41) is 6.15. The van der Waals surface area contributed by atoms with Crippen molar-refractivity contribution in [3.05, 3.63) is 57.5 Å². The molecule has 26 heavy (non-hydrogen) atoms. The Kier molecular flexibility index (Phi) is 5.24. The molecular weight excluding hydrogens is 376 g/mol. The number of hydrogen-bond acceptors (Lipinski definition) is 4. The van der Waals surface area contributed by atoms with Crippen molar-refractivity contribution in [3.8, 4) is 5.75 Å². The molecule has 134 valence electrons. The number of imidazole rings is 1. The van der Waals surface area contributed by atoms with Crippen molar-refractivity contribution in [3.63, 3.8) is 0 Å². The van der Waals surface area contributed by atoms with Gasteiger partial charge in [-0.05, 0) is 61.1 Å². The van der Waals surface area contributed by atoms with E-state index in [-0.39, 0.29) is 17.4 Å². The van der Waals surface area contributed by atoms with Crippen molar-refractivity contribution in [1.82, 2.24) is 15.3 Å². The van der Waals surface area contributed by atoms with Crippen LogP contribution >= 0.6 is 23.8 Å². The highest BCUT2D eigenvalue weighted by molar-refractivity contribution is 7.80. The third kappa shape index (κ3) is 4.41. The van der Waals surface area contributed by atoms with E-state index in [9.17, 15) is 9.59 Å². The normalized spacial score (nSPS) is 10.5. The molecule has 0 aliphatic carbocycles. The van der Waals surface area contributed by atoms with E-state index in [1.165, 1.54) is 0 Å². The van der Waals surface area contributed by atoms with Crippen LogP contribution in [-0.4, -0.2) is 27.6 Å². The lowest BCUT2D eigenvalue weighted by Crippen LogP contribution is -2.37. The average molecular weight is 391 g/mol. The van der Waals surface area contributed by atoms with Gasteiger partial charge in [0.05, 0.1) is 11.0 Å². The molecule has 0 unspecified atom stereocenters. The molecule has 0 aliphatic heterocycles. The number of anilines is 1.